The molecule has 2 aromatic carbocycles. The third kappa shape index (κ3) is 2.82. The molecule has 6 heteroatoms. The quantitative estimate of drug-likeness (QED) is 0.795. The molecule has 1 aromatic heterocycles. The highest BCUT2D eigenvalue weighted by Crippen LogP contribution is 2.22. The zero-order valence-electron chi connectivity index (χ0n) is 12.3. The minimum absolute atomic E-state index is 0.233. The van der Waals surface area contributed by atoms with Gasteiger partial charge in [0.15, 0.2) is 12.0 Å². The van der Waals surface area contributed by atoms with Crippen LogP contribution in [0.25, 0.3) is 11.1 Å². The molecule has 0 spiro atoms. The summed E-state index contributed by atoms with van der Waals surface area (Å²) in [5.41, 5.74) is 2.77. The molecular formula is C16H16N2O3S. The van der Waals surface area contributed by atoms with E-state index in [2.05, 4.69) is 23.6 Å². The topological polar surface area (TPSA) is 72.2 Å². The van der Waals surface area contributed by atoms with Crippen LogP contribution in [0.15, 0.2) is 58.2 Å². The van der Waals surface area contributed by atoms with Gasteiger partial charge in [-0.25, -0.2) is 13.4 Å². The predicted molar refractivity (Wildman–Crippen MR) is 85.3 cm³/mol. The minimum Gasteiger partial charge on any atom is -0.443 e. The van der Waals surface area contributed by atoms with Crippen molar-refractivity contribution in [2.75, 3.05) is 4.72 Å². The largest absolute Gasteiger partial charge is 0.443 e. The van der Waals surface area contributed by atoms with Crippen molar-refractivity contribution >= 4 is 26.8 Å². The van der Waals surface area contributed by atoms with Crippen molar-refractivity contribution in [2.24, 2.45) is 0 Å². The Balaban J connectivity index is 1.88. The molecule has 0 aliphatic heterocycles. The predicted octanol–water partition coefficient (Wildman–Crippen LogP) is 3.75. The number of nitrogens with one attached hydrogen (secondary N) is 1. The van der Waals surface area contributed by atoms with E-state index < -0.39 is 10.0 Å². The maximum absolute atomic E-state index is 12.4. The molecule has 0 aliphatic rings. The van der Waals surface area contributed by atoms with Crippen LogP contribution in [0.5, 0.6) is 0 Å². The summed E-state index contributed by atoms with van der Waals surface area (Å²) in [7, 11) is -3.62. The van der Waals surface area contributed by atoms with Gasteiger partial charge in [-0.2, -0.15) is 0 Å². The molecule has 0 bridgehead atoms. The van der Waals surface area contributed by atoms with Gasteiger partial charge in [-0.15, -0.1) is 0 Å². The van der Waals surface area contributed by atoms with Gasteiger partial charge in [0.2, 0.25) is 0 Å². The van der Waals surface area contributed by atoms with Crippen molar-refractivity contribution < 1.29 is 12.8 Å². The number of hydrogen-bond donors (Lipinski definition) is 1. The number of anilines is 1. The number of rotatable bonds is 4. The second-order valence-electron chi connectivity index (χ2n) is 5.36. The Hall–Kier alpha value is -2.34. The summed E-state index contributed by atoms with van der Waals surface area (Å²) in [5, 5.41) is 0. The number of benzene rings is 2. The zero-order chi connectivity index (χ0) is 15.7. The second kappa shape index (κ2) is 5.46. The van der Waals surface area contributed by atoms with Gasteiger partial charge in [-0.3, -0.25) is 4.72 Å². The highest BCUT2D eigenvalue weighted by atomic mass is 32.2. The Labute approximate surface area is 129 Å². The van der Waals surface area contributed by atoms with Crippen molar-refractivity contribution in [3.05, 3.63) is 54.4 Å². The number of fused-ring (bicyclic) bond motifs is 1. The van der Waals surface area contributed by atoms with E-state index in [1.54, 1.807) is 30.3 Å². The molecule has 0 fully saturated rings. The second-order valence-corrected chi connectivity index (χ2v) is 7.05. The number of aromatic nitrogens is 1. The van der Waals surface area contributed by atoms with Crippen LogP contribution in [0.4, 0.5) is 5.69 Å². The fourth-order valence-corrected chi connectivity index (χ4v) is 3.22. The van der Waals surface area contributed by atoms with Crippen LogP contribution in [0.2, 0.25) is 0 Å². The summed E-state index contributed by atoms with van der Waals surface area (Å²) in [6.07, 6.45) is 1.33. The van der Waals surface area contributed by atoms with Gasteiger partial charge in [0.25, 0.3) is 10.0 Å². The normalized spacial score (nSPS) is 12.0. The van der Waals surface area contributed by atoms with E-state index in [1.165, 1.54) is 6.39 Å². The summed E-state index contributed by atoms with van der Waals surface area (Å²) in [6.45, 7) is 4.13. The van der Waals surface area contributed by atoms with E-state index in [0.29, 0.717) is 22.7 Å². The first-order valence-electron chi connectivity index (χ1n) is 6.92. The van der Waals surface area contributed by atoms with Crippen LogP contribution in [0, 0.1) is 0 Å². The Bertz CT molecular complexity index is 897. The first kappa shape index (κ1) is 14.6. The van der Waals surface area contributed by atoms with Crippen molar-refractivity contribution in [2.45, 2.75) is 24.7 Å². The Morgan fingerprint density at radius 1 is 1.09 bits per heavy atom. The van der Waals surface area contributed by atoms with Gasteiger partial charge in [0.05, 0.1) is 10.6 Å². The molecule has 0 saturated carbocycles. The Kier molecular flexibility index (Phi) is 3.62. The molecule has 114 valence electrons. The summed E-state index contributed by atoms with van der Waals surface area (Å²) in [4.78, 5) is 4.25. The summed E-state index contributed by atoms with van der Waals surface area (Å²) >= 11 is 0. The molecule has 0 aliphatic carbocycles. The van der Waals surface area contributed by atoms with Crippen molar-refractivity contribution in [3.8, 4) is 0 Å². The molecule has 5 nitrogen and oxygen atoms in total. The van der Waals surface area contributed by atoms with Crippen molar-refractivity contribution in [1.82, 2.24) is 4.98 Å². The molecule has 0 radical (unpaired) electrons. The van der Waals surface area contributed by atoms with E-state index in [0.717, 1.165) is 5.56 Å². The van der Waals surface area contributed by atoms with E-state index in [-0.39, 0.29) is 4.90 Å². The lowest BCUT2D eigenvalue weighted by Crippen LogP contribution is -2.12. The van der Waals surface area contributed by atoms with Gasteiger partial charge in [0.1, 0.15) is 5.52 Å². The fourth-order valence-electron chi connectivity index (χ4n) is 2.17. The highest BCUT2D eigenvalue weighted by molar-refractivity contribution is 7.92. The van der Waals surface area contributed by atoms with Crippen LogP contribution in [-0.2, 0) is 10.0 Å². The van der Waals surface area contributed by atoms with E-state index in [1.807, 2.05) is 12.1 Å². The number of hydrogen-bond acceptors (Lipinski definition) is 4. The third-order valence-corrected chi connectivity index (χ3v) is 4.84. The SMILES string of the molecule is CC(C)c1ccc(S(=O)(=O)Nc2ccc3ocnc3c2)cc1. The minimum atomic E-state index is -3.62. The van der Waals surface area contributed by atoms with Crippen LogP contribution < -0.4 is 4.72 Å². The third-order valence-electron chi connectivity index (χ3n) is 3.44. The monoisotopic (exact) mass is 316 g/mol. The summed E-state index contributed by atoms with van der Waals surface area (Å²) < 4.78 is 32.5. The lowest BCUT2D eigenvalue weighted by atomic mass is 10.0. The maximum atomic E-state index is 12.4. The molecule has 1 heterocycles. The van der Waals surface area contributed by atoms with E-state index in [4.69, 9.17) is 4.42 Å². The molecule has 0 atom stereocenters. The lowest BCUT2D eigenvalue weighted by molar-refractivity contribution is 0.600. The van der Waals surface area contributed by atoms with Crippen LogP contribution >= 0.6 is 0 Å². The van der Waals surface area contributed by atoms with Crippen LogP contribution in [0.1, 0.15) is 25.3 Å². The van der Waals surface area contributed by atoms with Crippen molar-refractivity contribution in [3.63, 3.8) is 0 Å². The Morgan fingerprint density at radius 3 is 2.50 bits per heavy atom. The maximum Gasteiger partial charge on any atom is 0.261 e. The van der Waals surface area contributed by atoms with Gasteiger partial charge in [-0.1, -0.05) is 26.0 Å². The summed E-state index contributed by atoms with van der Waals surface area (Å²) in [5.74, 6) is 0.360. The molecule has 3 aromatic rings. The smallest absolute Gasteiger partial charge is 0.261 e. The zero-order valence-corrected chi connectivity index (χ0v) is 13.1. The van der Waals surface area contributed by atoms with E-state index >= 15 is 0 Å². The van der Waals surface area contributed by atoms with Gasteiger partial charge >= 0.3 is 0 Å². The van der Waals surface area contributed by atoms with E-state index in [9.17, 15) is 8.42 Å². The molecule has 22 heavy (non-hydrogen) atoms. The molecule has 0 unspecified atom stereocenters. The molecule has 3 rings (SSSR count). The van der Waals surface area contributed by atoms with Crippen LogP contribution in [0.3, 0.4) is 0 Å². The molecule has 0 saturated heterocycles. The highest BCUT2D eigenvalue weighted by Gasteiger charge is 2.15. The molecule has 1 N–H and O–H groups in total. The lowest BCUT2D eigenvalue weighted by Gasteiger charge is -2.10. The average Bonchev–Trinajstić information content (AvgIpc) is 2.94. The molecule has 0 amide bonds. The van der Waals surface area contributed by atoms with Gasteiger partial charge in [0, 0.05) is 0 Å². The first-order chi connectivity index (χ1) is 10.5. The summed E-state index contributed by atoms with van der Waals surface area (Å²) in [6, 6.07) is 11.9. The average molecular weight is 316 g/mol. The standard InChI is InChI=1S/C16H16N2O3S/c1-11(2)12-3-6-14(7-4-12)22(19,20)18-13-5-8-16-15(9-13)17-10-21-16/h3-11,18H,1-2H3. The Morgan fingerprint density at radius 2 is 1.82 bits per heavy atom. The fraction of sp³-hybridized carbons (Fsp3) is 0.188. The number of sulfonamides is 1. The van der Waals surface area contributed by atoms with Crippen LogP contribution in [-0.4, -0.2) is 13.4 Å². The molecular weight excluding hydrogens is 300 g/mol. The van der Waals surface area contributed by atoms with Gasteiger partial charge in [-0.05, 0) is 41.8 Å². The van der Waals surface area contributed by atoms with Crippen molar-refractivity contribution in [1.29, 1.82) is 0 Å². The first-order valence-corrected chi connectivity index (χ1v) is 8.40. The number of nitrogens with zero attached hydrogens (tertiary/aromatic N) is 1. The number of oxazole rings is 1. The van der Waals surface area contributed by atoms with Gasteiger partial charge < -0.3 is 4.42 Å².